The Morgan fingerprint density at radius 3 is 2.55 bits per heavy atom. The molecule has 1 saturated heterocycles. The fraction of sp³-hybridized carbons (Fsp3) is 0.625. The number of thioether (sulfide) groups is 1. The van der Waals surface area contributed by atoms with Crippen molar-refractivity contribution in [1.29, 1.82) is 0 Å². The zero-order valence-corrected chi connectivity index (χ0v) is 13.7. The molecule has 1 aliphatic rings. The van der Waals surface area contributed by atoms with E-state index in [0.717, 1.165) is 5.75 Å². The van der Waals surface area contributed by atoms with Gasteiger partial charge >= 0.3 is 0 Å². The zero-order chi connectivity index (χ0) is 14.5. The molecule has 0 radical (unpaired) electrons. The number of rotatable bonds is 5. The fourth-order valence-electron chi connectivity index (χ4n) is 2.66. The summed E-state index contributed by atoms with van der Waals surface area (Å²) in [5.74, 6) is 3.38. The molecule has 1 aliphatic heterocycles. The molecule has 0 spiro atoms. The predicted molar refractivity (Wildman–Crippen MR) is 87.7 cm³/mol. The Balaban J connectivity index is 2.10. The highest BCUT2D eigenvalue weighted by Crippen LogP contribution is 2.27. The monoisotopic (exact) mass is 294 g/mol. The number of ether oxygens (including phenoxy) is 1. The number of nitrogens with one attached hydrogen (secondary N) is 1. The van der Waals surface area contributed by atoms with Crippen molar-refractivity contribution in [2.24, 2.45) is 0 Å². The van der Waals surface area contributed by atoms with Gasteiger partial charge in [-0.05, 0) is 45.6 Å². The first-order valence-corrected chi connectivity index (χ1v) is 8.49. The maximum Gasteiger partial charge on any atom is 0.119 e. The second kappa shape index (κ2) is 7.34. The molecule has 0 aromatic heterocycles. The van der Waals surface area contributed by atoms with E-state index in [4.69, 9.17) is 4.74 Å². The van der Waals surface area contributed by atoms with Gasteiger partial charge in [-0.15, -0.1) is 0 Å². The normalized spacial score (nSPS) is 21.9. The van der Waals surface area contributed by atoms with Crippen LogP contribution in [0.3, 0.4) is 0 Å². The highest BCUT2D eigenvalue weighted by atomic mass is 32.2. The van der Waals surface area contributed by atoms with Crippen LogP contribution in [0.4, 0.5) is 0 Å². The van der Waals surface area contributed by atoms with E-state index in [0.29, 0.717) is 12.1 Å². The summed E-state index contributed by atoms with van der Waals surface area (Å²) in [4.78, 5) is 2.47. The van der Waals surface area contributed by atoms with Gasteiger partial charge in [-0.1, -0.05) is 12.1 Å². The van der Waals surface area contributed by atoms with Crippen LogP contribution in [0.5, 0.6) is 5.75 Å². The minimum Gasteiger partial charge on any atom is -0.491 e. The maximum absolute atomic E-state index is 5.71. The minimum absolute atomic E-state index is 0.224. The molecule has 20 heavy (non-hydrogen) atoms. The second-order valence-electron chi connectivity index (χ2n) is 5.62. The van der Waals surface area contributed by atoms with Crippen molar-refractivity contribution in [2.75, 3.05) is 32.1 Å². The van der Waals surface area contributed by atoms with Crippen LogP contribution in [0.2, 0.25) is 0 Å². The molecular weight excluding hydrogens is 268 g/mol. The first-order valence-electron chi connectivity index (χ1n) is 7.33. The third kappa shape index (κ3) is 3.90. The van der Waals surface area contributed by atoms with Gasteiger partial charge in [-0.3, -0.25) is 4.90 Å². The summed E-state index contributed by atoms with van der Waals surface area (Å²) in [5.41, 5.74) is 1.34. The molecule has 112 valence electrons. The lowest BCUT2D eigenvalue weighted by molar-refractivity contribution is 0.220. The van der Waals surface area contributed by atoms with E-state index in [2.05, 4.69) is 74.2 Å². The van der Waals surface area contributed by atoms with E-state index in [1.807, 2.05) is 0 Å². The Bertz CT molecular complexity index is 407. The van der Waals surface area contributed by atoms with E-state index >= 15 is 0 Å². The molecule has 0 amide bonds. The van der Waals surface area contributed by atoms with Crippen LogP contribution in [0.25, 0.3) is 0 Å². The average molecular weight is 294 g/mol. The molecule has 4 heteroatoms. The quantitative estimate of drug-likeness (QED) is 0.902. The van der Waals surface area contributed by atoms with Crippen molar-refractivity contribution in [3.63, 3.8) is 0 Å². The van der Waals surface area contributed by atoms with Gasteiger partial charge in [0.25, 0.3) is 0 Å². The summed E-state index contributed by atoms with van der Waals surface area (Å²) >= 11 is 2.05. The van der Waals surface area contributed by atoms with Crippen molar-refractivity contribution in [1.82, 2.24) is 10.2 Å². The maximum atomic E-state index is 5.71. The first-order chi connectivity index (χ1) is 9.61. The molecule has 2 unspecified atom stereocenters. The van der Waals surface area contributed by atoms with Crippen LogP contribution in [0, 0.1) is 0 Å². The highest BCUT2D eigenvalue weighted by Gasteiger charge is 2.28. The molecule has 3 nitrogen and oxygen atoms in total. The topological polar surface area (TPSA) is 24.5 Å². The van der Waals surface area contributed by atoms with Crippen molar-refractivity contribution >= 4 is 11.8 Å². The van der Waals surface area contributed by atoms with Crippen LogP contribution in [0.1, 0.15) is 25.5 Å². The standard InChI is InChI=1S/C16H26N2OS/c1-12(2)19-14-7-5-13(6-8-14)16(17-3)15-11-20-10-9-18(15)4/h5-8,12,15-17H,9-11H2,1-4H3. The number of benzene rings is 1. The smallest absolute Gasteiger partial charge is 0.119 e. The fourth-order valence-corrected chi connectivity index (χ4v) is 3.94. The van der Waals surface area contributed by atoms with Crippen molar-refractivity contribution in [3.8, 4) is 5.75 Å². The molecule has 0 saturated carbocycles. The van der Waals surface area contributed by atoms with Crippen LogP contribution in [0.15, 0.2) is 24.3 Å². The first kappa shape index (κ1) is 15.7. The Morgan fingerprint density at radius 1 is 1.30 bits per heavy atom. The zero-order valence-electron chi connectivity index (χ0n) is 12.9. The Morgan fingerprint density at radius 2 is 2.00 bits per heavy atom. The lowest BCUT2D eigenvalue weighted by Crippen LogP contribution is -2.47. The van der Waals surface area contributed by atoms with Gasteiger partial charge in [0.1, 0.15) is 5.75 Å². The van der Waals surface area contributed by atoms with E-state index < -0.39 is 0 Å². The van der Waals surface area contributed by atoms with Gasteiger partial charge in [-0.25, -0.2) is 0 Å². The van der Waals surface area contributed by atoms with E-state index in [1.165, 1.54) is 23.6 Å². The van der Waals surface area contributed by atoms with Gasteiger partial charge in [0.05, 0.1) is 6.10 Å². The Kier molecular flexibility index (Phi) is 5.75. The molecule has 1 aromatic rings. The van der Waals surface area contributed by atoms with Crippen LogP contribution in [-0.4, -0.2) is 49.2 Å². The third-order valence-corrected chi connectivity index (χ3v) is 4.80. The van der Waals surface area contributed by atoms with E-state index in [-0.39, 0.29) is 6.10 Å². The van der Waals surface area contributed by atoms with E-state index in [1.54, 1.807) is 0 Å². The third-order valence-electron chi connectivity index (χ3n) is 3.75. The number of nitrogens with zero attached hydrogens (tertiary/aromatic N) is 1. The predicted octanol–water partition coefficient (Wildman–Crippen LogP) is 2.78. The van der Waals surface area contributed by atoms with Crippen LogP contribution < -0.4 is 10.1 Å². The summed E-state index contributed by atoms with van der Waals surface area (Å²) in [5, 5.41) is 3.48. The molecule has 1 aromatic carbocycles. The number of hydrogen-bond donors (Lipinski definition) is 1. The summed E-state index contributed by atoms with van der Waals surface area (Å²) < 4.78 is 5.71. The lowest BCUT2D eigenvalue weighted by atomic mass is 9.99. The van der Waals surface area contributed by atoms with Gasteiger partial charge in [-0.2, -0.15) is 11.8 Å². The second-order valence-corrected chi connectivity index (χ2v) is 6.77. The highest BCUT2D eigenvalue weighted by molar-refractivity contribution is 7.99. The molecule has 1 N–H and O–H groups in total. The van der Waals surface area contributed by atoms with Crippen LogP contribution in [-0.2, 0) is 0 Å². The number of hydrogen-bond acceptors (Lipinski definition) is 4. The molecule has 0 bridgehead atoms. The Hall–Kier alpha value is -0.710. The van der Waals surface area contributed by atoms with E-state index in [9.17, 15) is 0 Å². The van der Waals surface area contributed by atoms with Crippen molar-refractivity contribution < 1.29 is 4.74 Å². The largest absolute Gasteiger partial charge is 0.491 e. The van der Waals surface area contributed by atoms with Gasteiger partial charge in [0.15, 0.2) is 0 Å². The molecule has 2 rings (SSSR count). The molecule has 0 aliphatic carbocycles. The average Bonchev–Trinajstić information content (AvgIpc) is 2.43. The molecule has 2 atom stereocenters. The molecular formula is C16H26N2OS. The van der Waals surface area contributed by atoms with Gasteiger partial charge < -0.3 is 10.1 Å². The van der Waals surface area contributed by atoms with Gasteiger partial charge in [0.2, 0.25) is 0 Å². The SMILES string of the molecule is CNC(c1ccc(OC(C)C)cc1)C1CSCCN1C. The minimum atomic E-state index is 0.224. The van der Waals surface area contributed by atoms with Gasteiger partial charge in [0, 0.05) is 30.1 Å². The number of likely N-dealkylation sites (N-methyl/N-ethyl adjacent to an activating group) is 2. The summed E-state index contributed by atoms with van der Waals surface area (Å²) in [6, 6.07) is 9.46. The van der Waals surface area contributed by atoms with Crippen LogP contribution >= 0.6 is 11.8 Å². The molecule has 1 fully saturated rings. The summed E-state index contributed by atoms with van der Waals surface area (Å²) in [7, 11) is 4.28. The summed E-state index contributed by atoms with van der Waals surface area (Å²) in [6.45, 7) is 5.28. The molecule has 1 heterocycles. The Labute approximate surface area is 127 Å². The van der Waals surface area contributed by atoms with Crippen molar-refractivity contribution in [2.45, 2.75) is 32.0 Å². The van der Waals surface area contributed by atoms with Crippen molar-refractivity contribution in [3.05, 3.63) is 29.8 Å². The summed E-state index contributed by atoms with van der Waals surface area (Å²) in [6.07, 6.45) is 0.224. The lowest BCUT2D eigenvalue weighted by Gasteiger charge is -2.38.